The Morgan fingerprint density at radius 3 is 2.61 bits per heavy atom. The number of aromatic amines is 1. The number of hydrogen-bond donors (Lipinski definition) is 2. The van der Waals surface area contributed by atoms with Gasteiger partial charge in [0, 0.05) is 43.8 Å². The first-order chi connectivity index (χ1) is 20.0. The minimum atomic E-state index is -0.821. The first-order valence-corrected chi connectivity index (χ1v) is 13.4. The molecule has 2 aliphatic rings. The van der Waals surface area contributed by atoms with Gasteiger partial charge in [0.15, 0.2) is 5.82 Å². The Kier molecular flexibility index (Phi) is 7.68. The molecule has 3 aromatic heterocycles. The number of H-pyrrole nitrogens is 1. The van der Waals surface area contributed by atoms with E-state index in [1.165, 1.54) is 12.1 Å². The molecule has 212 valence electrons. The van der Waals surface area contributed by atoms with Crippen LogP contribution in [0.25, 0.3) is 22.6 Å². The standard InChI is InChI=1S/C29H30FN7O4/c1-29(27(38)37-11-13-39-14-12-37)17-40-26(41-18-29)25-35-23(20-4-6-21(30)7-5-20)24(36-25)22-8-10-32-28(34-22)33-16-19-3-2-9-31-15-19/h2-10,15,26H,11-14,16-18H2,1H3,(H,35,36)(H,32,33,34). The molecule has 2 N–H and O–H groups in total. The Balaban J connectivity index is 1.25. The van der Waals surface area contributed by atoms with Crippen LogP contribution < -0.4 is 5.32 Å². The molecule has 12 heteroatoms. The molecule has 1 amide bonds. The number of ether oxygens (including phenoxy) is 3. The summed E-state index contributed by atoms with van der Waals surface area (Å²) in [4.78, 5) is 36.2. The summed E-state index contributed by atoms with van der Waals surface area (Å²) in [6.07, 6.45) is 4.32. The van der Waals surface area contributed by atoms with E-state index in [1.54, 1.807) is 41.7 Å². The molecule has 0 unspecified atom stereocenters. The minimum absolute atomic E-state index is 0.0151. The SMILES string of the molecule is CC1(C(=O)N2CCOCC2)COC(c2nc(-c3ccc(F)cc3)c(-c3ccnc(NCc4cccnc4)n3)[nH]2)OC1. The Morgan fingerprint density at radius 2 is 1.88 bits per heavy atom. The fourth-order valence-corrected chi connectivity index (χ4v) is 4.81. The van der Waals surface area contributed by atoms with Crippen molar-refractivity contribution in [3.63, 3.8) is 0 Å². The number of rotatable bonds is 7. The lowest BCUT2D eigenvalue weighted by molar-refractivity contribution is -0.235. The third-order valence-corrected chi connectivity index (χ3v) is 7.07. The van der Waals surface area contributed by atoms with E-state index in [4.69, 9.17) is 19.2 Å². The number of morpholine rings is 1. The van der Waals surface area contributed by atoms with E-state index in [9.17, 15) is 9.18 Å². The predicted molar refractivity (Wildman–Crippen MR) is 147 cm³/mol. The highest BCUT2D eigenvalue weighted by atomic mass is 19.1. The van der Waals surface area contributed by atoms with Crippen molar-refractivity contribution in [3.8, 4) is 22.6 Å². The maximum Gasteiger partial charge on any atom is 0.233 e. The van der Waals surface area contributed by atoms with Crippen molar-refractivity contribution < 1.29 is 23.4 Å². The van der Waals surface area contributed by atoms with E-state index in [-0.39, 0.29) is 24.9 Å². The molecule has 2 aliphatic heterocycles. The summed E-state index contributed by atoms with van der Waals surface area (Å²) in [5.41, 5.74) is 2.60. The molecule has 0 bridgehead atoms. The van der Waals surface area contributed by atoms with Gasteiger partial charge < -0.3 is 29.4 Å². The highest BCUT2D eigenvalue weighted by molar-refractivity contribution is 5.83. The van der Waals surface area contributed by atoms with Gasteiger partial charge >= 0.3 is 0 Å². The van der Waals surface area contributed by atoms with Crippen molar-refractivity contribution in [1.82, 2.24) is 29.8 Å². The van der Waals surface area contributed by atoms with Crippen LogP contribution in [-0.4, -0.2) is 75.2 Å². The molecule has 0 saturated carbocycles. The zero-order valence-corrected chi connectivity index (χ0v) is 22.5. The summed E-state index contributed by atoms with van der Waals surface area (Å²) in [5.74, 6) is 0.482. The molecule has 0 radical (unpaired) electrons. The molecule has 11 nitrogen and oxygen atoms in total. The van der Waals surface area contributed by atoms with Crippen LogP contribution in [0.5, 0.6) is 0 Å². The van der Waals surface area contributed by atoms with Gasteiger partial charge in [-0.05, 0) is 48.9 Å². The normalized spacial score (nSPS) is 21.0. The van der Waals surface area contributed by atoms with Crippen LogP contribution >= 0.6 is 0 Å². The highest BCUT2D eigenvalue weighted by Gasteiger charge is 2.43. The molecule has 2 fully saturated rings. The van der Waals surface area contributed by atoms with Gasteiger partial charge in [-0.1, -0.05) is 6.07 Å². The average Bonchev–Trinajstić information content (AvgIpc) is 3.47. The number of benzene rings is 1. The van der Waals surface area contributed by atoms with E-state index < -0.39 is 11.7 Å². The van der Waals surface area contributed by atoms with Crippen molar-refractivity contribution in [2.45, 2.75) is 19.8 Å². The molecule has 0 spiro atoms. The van der Waals surface area contributed by atoms with Crippen LogP contribution in [0.4, 0.5) is 10.3 Å². The van der Waals surface area contributed by atoms with Gasteiger partial charge in [0.2, 0.25) is 18.1 Å². The number of hydrogen-bond acceptors (Lipinski definition) is 9. The Labute approximate surface area is 236 Å². The fourth-order valence-electron chi connectivity index (χ4n) is 4.81. The van der Waals surface area contributed by atoms with Crippen LogP contribution in [0.2, 0.25) is 0 Å². The lowest BCUT2D eigenvalue weighted by Crippen LogP contribution is -2.53. The maximum absolute atomic E-state index is 13.7. The molecule has 6 rings (SSSR count). The Hall–Kier alpha value is -4.26. The number of carbonyl (C=O) groups is 1. The first-order valence-electron chi connectivity index (χ1n) is 13.4. The van der Waals surface area contributed by atoms with Gasteiger partial charge in [-0.25, -0.2) is 19.3 Å². The number of nitrogens with one attached hydrogen (secondary N) is 2. The highest BCUT2D eigenvalue weighted by Crippen LogP contribution is 2.36. The molecule has 5 heterocycles. The summed E-state index contributed by atoms with van der Waals surface area (Å²) in [5, 5.41) is 3.22. The molecule has 0 aliphatic carbocycles. The molecular weight excluding hydrogens is 529 g/mol. The molecule has 41 heavy (non-hydrogen) atoms. The first kappa shape index (κ1) is 26.9. The zero-order chi connectivity index (χ0) is 28.2. The monoisotopic (exact) mass is 559 g/mol. The number of anilines is 1. The van der Waals surface area contributed by atoms with Crippen molar-refractivity contribution in [2.24, 2.45) is 5.41 Å². The fraction of sp³-hybridized carbons (Fsp3) is 0.345. The topological polar surface area (TPSA) is 127 Å². The second kappa shape index (κ2) is 11.7. The number of halogens is 1. The average molecular weight is 560 g/mol. The Morgan fingerprint density at radius 1 is 1.10 bits per heavy atom. The maximum atomic E-state index is 13.7. The van der Waals surface area contributed by atoms with E-state index in [1.807, 2.05) is 19.1 Å². The van der Waals surface area contributed by atoms with Crippen LogP contribution in [-0.2, 0) is 25.5 Å². The van der Waals surface area contributed by atoms with Crippen molar-refractivity contribution in [3.05, 3.63) is 78.3 Å². The molecule has 1 aromatic carbocycles. The molecule has 4 aromatic rings. The summed E-state index contributed by atoms with van der Waals surface area (Å²) in [7, 11) is 0. The van der Waals surface area contributed by atoms with E-state index in [0.717, 1.165) is 5.56 Å². The summed E-state index contributed by atoms with van der Waals surface area (Å²) < 4.78 is 31.2. The van der Waals surface area contributed by atoms with Crippen LogP contribution in [0.15, 0.2) is 61.1 Å². The summed E-state index contributed by atoms with van der Waals surface area (Å²) in [6.45, 7) is 4.85. The molecule has 0 atom stereocenters. The smallest absolute Gasteiger partial charge is 0.233 e. The predicted octanol–water partition coefficient (Wildman–Crippen LogP) is 3.59. The van der Waals surface area contributed by atoms with Gasteiger partial charge in [0.1, 0.15) is 5.82 Å². The summed E-state index contributed by atoms with van der Waals surface area (Å²) in [6, 6.07) is 11.7. The number of pyridine rings is 1. The lowest BCUT2D eigenvalue weighted by atomic mass is 9.90. The summed E-state index contributed by atoms with van der Waals surface area (Å²) >= 11 is 0. The Bertz CT molecular complexity index is 1480. The van der Waals surface area contributed by atoms with Crippen LogP contribution in [0.1, 0.15) is 24.6 Å². The zero-order valence-electron chi connectivity index (χ0n) is 22.5. The quantitative estimate of drug-likeness (QED) is 0.349. The minimum Gasteiger partial charge on any atom is -0.378 e. The molecule has 2 saturated heterocycles. The van der Waals surface area contributed by atoms with Gasteiger partial charge in [-0.3, -0.25) is 9.78 Å². The molecular formula is C29H30FN7O4. The largest absolute Gasteiger partial charge is 0.378 e. The van der Waals surface area contributed by atoms with E-state index in [2.05, 4.69) is 25.3 Å². The van der Waals surface area contributed by atoms with Crippen molar-refractivity contribution in [2.75, 3.05) is 44.8 Å². The third-order valence-electron chi connectivity index (χ3n) is 7.07. The van der Waals surface area contributed by atoms with Gasteiger partial charge in [-0.2, -0.15) is 0 Å². The number of aromatic nitrogens is 5. The van der Waals surface area contributed by atoms with E-state index in [0.29, 0.717) is 67.3 Å². The second-order valence-corrected chi connectivity index (χ2v) is 10.3. The van der Waals surface area contributed by atoms with E-state index >= 15 is 0 Å². The van der Waals surface area contributed by atoms with Crippen LogP contribution in [0, 0.1) is 11.2 Å². The number of imidazole rings is 1. The van der Waals surface area contributed by atoms with Crippen molar-refractivity contribution in [1.29, 1.82) is 0 Å². The number of nitrogens with zero attached hydrogens (tertiary/aromatic N) is 5. The van der Waals surface area contributed by atoms with Gasteiger partial charge in [0.25, 0.3) is 0 Å². The number of amides is 1. The van der Waals surface area contributed by atoms with Gasteiger partial charge in [-0.15, -0.1) is 0 Å². The van der Waals surface area contributed by atoms with Crippen molar-refractivity contribution >= 4 is 11.9 Å². The van der Waals surface area contributed by atoms with Crippen LogP contribution in [0.3, 0.4) is 0 Å². The second-order valence-electron chi connectivity index (χ2n) is 10.3. The lowest BCUT2D eigenvalue weighted by Gasteiger charge is -2.39. The third kappa shape index (κ3) is 5.94. The van der Waals surface area contributed by atoms with Gasteiger partial charge in [0.05, 0.1) is 48.9 Å². The number of carbonyl (C=O) groups excluding carboxylic acids is 1.